The Morgan fingerprint density at radius 1 is 1.41 bits per heavy atom. The lowest BCUT2D eigenvalue weighted by Crippen LogP contribution is -2.30. The van der Waals surface area contributed by atoms with Gasteiger partial charge in [0.2, 0.25) is 0 Å². The maximum atomic E-state index is 11.9. The van der Waals surface area contributed by atoms with Gasteiger partial charge < -0.3 is 5.32 Å². The highest BCUT2D eigenvalue weighted by Gasteiger charge is 2.18. The van der Waals surface area contributed by atoms with E-state index in [4.69, 9.17) is 0 Å². The number of hydrogen-bond donors (Lipinski definition) is 1. The van der Waals surface area contributed by atoms with Gasteiger partial charge in [0.25, 0.3) is 0 Å². The molecule has 4 heteroatoms. The molecule has 0 spiro atoms. The number of hydrogen-bond acceptors (Lipinski definition) is 3. The minimum absolute atomic E-state index is 0.107. The van der Waals surface area contributed by atoms with E-state index in [9.17, 15) is 4.21 Å². The Balaban J connectivity index is 2.35. The topological polar surface area (TPSA) is 29.1 Å². The predicted octanol–water partition coefficient (Wildman–Crippen LogP) is 3.25. The van der Waals surface area contributed by atoms with E-state index in [0.717, 1.165) is 12.3 Å². The molecular weight excluding hydrogens is 250 g/mol. The van der Waals surface area contributed by atoms with Crippen LogP contribution in [0.5, 0.6) is 0 Å². The van der Waals surface area contributed by atoms with Crippen molar-refractivity contribution < 1.29 is 4.21 Å². The minimum atomic E-state index is -0.764. The van der Waals surface area contributed by atoms with Crippen LogP contribution in [0.2, 0.25) is 0 Å². The summed E-state index contributed by atoms with van der Waals surface area (Å²) in [6.45, 7) is 11.2. The number of rotatable bonds is 5. The van der Waals surface area contributed by atoms with E-state index in [1.807, 2.05) is 32.1 Å². The van der Waals surface area contributed by atoms with Crippen molar-refractivity contribution in [1.29, 1.82) is 0 Å². The molecule has 1 aromatic heterocycles. The van der Waals surface area contributed by atoms with Crippen molar-refractivity contribution in [2.75, 3.05) is 12.3 Å². The fourth-order valence-electron chi connectivity index (χ4n) is 1.46. The molecule has 0 unspecified atom stereocenters. The number of thiophene rings is 1. The normalized spacial score (nSPS) is 15.8. The standard InChI is InChI=1S/C13H23NOS2/c1-10-6-7-12(16-10)11(2)14-8-9-17(15)13(3,4)5/h6-7,11,14H,8-9H2,1-5H3/t11-,17+/m1/s1. The van der Waals surface area contributed by atoms with Gasteiger partial charge in [0.1, 0.15) is 0 Å². The van der Waals surface area contributed by atoms with Crippen molar-refractivity contribution >= 4 is 22.1 Å². The highest BCUT2D eigenvalue weighted by Crippen LogP contribution is 2.22. The molecular formula is C13H23NOS2. The molecule has 98 valence electrons. The van der Waals surface area contributed by atoms with Crippen molar-refractivity contribution in [3.8, 4) is 0 Å². The molecule has 2 atom stereocenters. The Morgan fingerprint density at radius 3 is 2.53 bits per heavy atom. The van der Waals surface area contributed by atoms with Crippen LogP contribution >= 0.6 is 11.3 Å². The lowest BCUT2D eigenvalue weighted by atomic mass is 10.3. The smallest absolute Gasteiger partial charge is 0.0386 e. The molecule has 0 radical (unpaired) electrons. The Bertz CT molecular complexity index is 379. The molecule has 1 heterocycles. The Morgan fingerprint density at radius 2 is 2.06 bits per heavy atom. The van der Waals surface area contributed by atoms with Gasteiger partial charge >= 0.3 is 0 Å². The van der Waals surface area contributed by atoms with Gasteiger partial charge in [0, 0.05) is 43.6 Å². The SMILES string of the molecule is Cc1ccc([C@@H](C)NCC[S@](=O)C(C)(C)C)s1. The zero-order valence-electron chi connectivity index (χ0n) is 11.4. The molecule has 2 nitrogen and oxygen atoms in total. The van der Waals surface area contributed by atoms with E-state index < -0.39 is 10.8 Å². The molecule has 0 amide bonds. The zero-order valence-corrected chi connectivity index (χ0v) is 13.0. The summed E-state index contributed by atoms with van der Waals surface area (Å²) >= 11 is 1.82. The quantitative estimate of drug-likeness (QED) is 0.892. The molecule has 0 saturated heterocycles. The molecule has 17 heavy (non-hydrogen) atoms. The lowest BCUT2D eigenvalue weighted by molar-refractivity contribution is 0.598. The number of aryl methyl sites for hydroxylation is 1. The van der Waals surface area contributed by atoms with E-state index >= 15 is 0 Å². The first-order valence-corrected chi connectivity index (χ1v) is 8.12. The van der Waals surface area contributed by atoms with Crippen LogP contribution in [-0.4, -0.2) is 21.3 Å². The van der Waals surface area contributed by atoms with Crippen molar-refractivity contribution in [1.82, 2.24) is 5.32 Å². The zero-order chi connectivity index (χ0) is 13.1. The number of nitrogens with one attached hydrogen (secondary N) is 1. The average Bonchev–Trinajstić information content (AvgIpc) is 2.63. The third-order valence-electron chi connectivity index (χ3n) is 2.61. The monoisotopic (exact) mass is 273 g/mol. The van der Waals surface area contributed by atoms with Crippen molar-refractivity contribution in [2.24, 2.45) is 0 Å². The molecule has 0 bridgehead atoms. The Labute approximate surface area is 111 Å². The minimum Gasteiger partial charge on any atom is -0.309 e. The predicted molar refractivity (Wildman–Crippen MR) is 78.2 cm³/mol. The first-order chi connectivity index (χ1) is 7.80. The van der Waals surface area contributed by atoms with Crippen LogP contribution in [0.1, 0.15) is 43.5 Å². The van der Waals surface area contributed by atoms with E-state index in [-0.39, 0.29) is 4.75 Å². The second kappa shape index (κ2) is 6.12. The molecule has 0 aliphatic rings. The lowest BCUT2D eigenvalue weighted by Gasteiger charge is -2.19. The maximum absolute atomic E-state index is 11.9. The molecule has 0 aliphatic heterocycles. The first-order valence-electron chi connectivity index (χ1n) is 5.99. The summed E-state index contributed by atoms with van der Waals surface area (Å²) in [6.07, 6.45) is 0. The third-order valence-corrected chi connectivity index (χ3v) is 5.73. The molecule has 0 fully saturated rings. The Hall–Kier alpha value is -0.190. The van der Waals surface area contributed by atoms with E-state index in [0.29, 0.717) is 6.04 Å². The van der Waals surface area contributed by atoms with Gasteiger partial charge in [-0.15, -0.1) is 11.3 Å². The molecule has 1 rings (SSSR count). The van der Waals surface area contributed by atoms with Gasteiger partial charge in [-0.2, -0.15) is 0 Å². The van der Waals surface area contributed by atoms with Crippen molar-refractivity contribution in [3.05, 3.63) is 21.9 Å². The van der Waals surface area contributed by atoms with Gasteiger partial charge in [0.05, 0.1) is 0 Å². The summed E-state index contributed by atoms with van der Waals surface area (Å²) in [5.74, 6) is 0.720. The van der Waals surface area contributed by atoms with Gasteiger partial charge in [-0.25, -0.2) is 0 Å². The Kier molecular flexibility index (Phi) is 5.35. The van der Waals surface area contributed by atoms with Crippen LogP contribution < -0.4 is 5.32 Å². The molecule has 0 saturated carbocycles. The second-order valence-corrected chi connectivity index (χ2v) is 8.93. The van der Waals surface area contributed by atoms with Gasteiger partial charge in [-0.3, -0.25) is 4.21 Å². The van der Waals surface area contributed by atoms with Crippen LogP contribution in [0.15, 0.2) is 12.1 Å². The summed E-state index contributed by atoms with van der Waals surface area (Å²) in [5.41, 5.74) is 0. The van der Waals surface area contributed by atoms with Crippen LogP contribution in [0.25, 0.3) is 0 Å². The maximum Gasteiger partial charge on any atom is 0.0386 e. The van der Waals surface area contributed by atoms with Crippen LogP contribution in [0.4, 0.5) is 0 Å². The summed E-state index contributed by atoms with van der Waals surface area (Å²) < 4.78 is 11.8. The van der Waals surface area contributed by atoms with Crippen LogP contribution in [0, 0.1) is 6.92 Å². The summed E-state index contributed by atoms with van der Waals surface area (Å²) in [5, 5.41) is 3.43. The second-order valence-electron chi connectivity index (χ2n) is 5.29. The molecule has 1 aromatic rings. The van der Waals surface area contributed by atoms with Gasteiger partial charge in [-0.05, 0) is 46.8 Å². The fraction of sp³-hybridized carbons (Fsp3) is 0.692. The molecule has 1 N–H and O–H groups in total. The molecule has 0 aliphatic carbocycles. The van der Waals surface area contributed by atoms with Gasteiger partial charge in [0.15, 0.2) is 0 Å². The van der Waals surface area contributed by atoms with Crippen LogP contribution in [0.3, 0.4) is 0 Å². The van der Waals surface area contributed by atoms with Gasteiger partial charge in [-0.1, -0.05) is 0 Å². The van der Waals surface area contributed by atoms with E-state index in [1.165, 1.54) is 9.75 Å². The largest absolute Gasteiger partial charge is 0.309 e. The summed E-state index contributed by atoms with van der Waals surface area (Å²) in [4.78, 5) is 2.69. The molecule has 0 aromatic carbocycles. The van der Waals surface area contributed by atoms with Crippen molar-refractivity contribution in [2.45, 2.75) is 45.4 Å². The summed E-state index contributed by atoms with van der Waals surface area (Å²) in [7, 11) is -0.764. The first kappa shape index (κ1) is 14.9. The van der Waals surface area contributed by atoms with Crippen molar-refractivity contribution in [3.63, 3.8) is 0 Å². The van der Waals surface area contributed by atoms with Crippen LogP contribution in [-0.2, 0) is 10.8 Å². The average molecular weight is 273 g/mol. The van der Waals surface area contributed by atoms with E-state index in [1.54, 1.807) is 0 Å². The van der Waals surface area contributed by atoms with E-state index in [2.05, 4.69) is 31.3 Å². The fourth-order valence-corrected chi connectivity index (χ4v) is 3.28. The summed E-state index contributed by atoms with van der Waals surface area (Å²) in [6, 6.07) is 4.66. The third kappa shape index (κ3) is 4.90. The highest BCUT2D eigenvalue weighted by molar-refractivity contribution is 7.86. The highest BCUT2D eigenvalue weighted by atomic mass is 32.2.